The van der Waals surface area contributed by atoms with Crippen molar-refractivity contribution in [3.05, 3.63) is 23.5 Å². The molecule has 1 aliphatic carbocycles. The fourth-order valence-electron chi connectivity index (χ4n) is 2.18. The summed E-state index contributed by atoms with van der Waals surface area (Å²) in [4.78, 5) is 15.9. The van der Waals surface area contributed by atoms with E-state index in [1.807, 2.05) is 6.07 Å². The molecule has 0 aliphatic heterocycles. The van der Waals surface area contributed by atoms with Gasteiger partial charge in [-0.15, -0.1) is 0 Å². The van der Waals surface area contributed by atoms with Crippen molar-refractivity contribution in [3.8, 4) is 5.75 Å². The van der Waals surface area contributed by atoms with E-state index >= 15 is 0 Å². The maximum Gasteiger partial charge on any atom is 0.258 e. The molecule has 1 aromatic heterocycles. The highest BCUT2D eigenvalue weighted by molar-refractivity contribution is 5.77. The van der Waals surface area contributed by atoms with E-state index in [0.717, 1.165) is 36.3 Å². The highest BCUT2D eigenvalue weighted by Crippen LogP contribution is 2.27. The molecule has 5 nitrogen and oxygen atoms in total. The van der Waals surface area contributed by atoms with Crippen LogP contribution in [-0.4, -0.2) is 35.3 Å². The third kappa shape index (κ3) is 3.92. The highest BCUT2D eigenvalue weighted by atomic mass is 16.5. The number of aryl methyl sites for hydroxylation is 1. The Balaban J connectivity index is 1.91. The van der Waals surface area contributed by atoms with Crippen LogP contribution in [0.2, 0.25) is 0 Å². The lowest BCUT2D eigenvalue weighted by Crippen LogP contribution is -2.34. The van der Waals surface area contributed by atoms with E-state index in [2.05, 4.69) is 10.3 Å². The summed E-state index contributed by atoms with van der Waals surface area (Å²) >= 11 is 0. The Bertz CT molecular complexity index is 446. The Labute approximate surface area is 113 Å². The number of rotatable bonds is 5. The van der Waals surface area contributed by atoms with Crippen molar-refractivity contribution in [2.45, 2.75) is 38.7 Å². The Morgan fingerprint density at radius 2 is 2.32 bits per heavy atom. The molecule has 0 saturated heterocycles. The number of ether oxygens (including phenoxy) is 1. The zero-order valence-electron chi connectivity index (χ0n) is 11.2. The molecule has 1 unspecified atom stereocenters. The number of hydrogen-bond acceptors (Lipinski definition) is 4. The number of nitrogens with one attached hydrogen (secondary N) is 1. The molecule has 0 saturated carbocycles. The minimum atomic E-state index is -0.544. The lowest BCUT2D eigenvalue weighted by Gasteiger charge is -2.18. The maximum atomic E-state index is 11.5. The van der Waals surface area contributed by atoms with Gasteiger partial charge in [0.15, 0.2) is 6.61 Å². The van der Waals surface area contributed by atoms with Gasteiger partial charge in [0.2, 0.25) is 0 Å². The van der Waals surface area contributed by atoms with Gasteiger partial charge in [0, 0.05) is 24.0 Å². The molecule has 0 fully saturated rings. The van der Waals surface area contributed by atoms with Gasteiger partial charge in [-0.25, -0.2) is 0 Å². The molecule has 104 valence electrons. The number of aromatic nitrogens is 1. The highest BCUT2D eigenvalue weighted by Gasteiger charge is 2.15. The predicted octanol–water partition coefficient (Wildman–Crippen LogP) is 0.836. The third-order valence-corrected chi connectivity index (χ3v) is 3.15. The molecule has 1 aliphatic rings. The van der Waals surface area contributed by atoms with Crippen molar-refractivity contribution in [3.63, 3.8) is 0 Å². The Morgan fingerprint density at radius 1 is 1.53 bits per heavy atom. The molecular formula is C14H20N2O3. The van der Waals surface area contributed by atoms with Crippen LogP contribution < -0.4 is 10.1 Å². The van der Waals surface area contributed by atoms with Gasteiger partial charge >= 0.3 is 0 Å². The number of aliphatic hydroxyl groups excluding tert-OH is 1. The summed E-state index contributed by atoms with van der Waals surface area (Å²) in [6.45, 7) is 1.85. The first kappa shape index (κ1) is 13.8. The van der Waals surface area contributed by atoms with Crippen LogP contribution in [0, 0.1) is 0 Å². The molecule has 0 aromatic carbocycles. The predicted molar refractivity (Wildman–Crippen MR) is 71.1 cm³/mol. The monoisotopic (exact) mass is 264 g/mol. The SMILES string of the molecule is CC(O)CNC(=O)COc1ccnc2c1CCCC2. The molecule has 1 amide bonds. The quantitative estimate of drug-likeness (QED) is 0.826. The van der Waals surface area contributed by atoms with Gasteiger partial charge in [0.25, 0.3) is 5.91 Å². The minimum absolute atomic E-state index is 0.0246. The molecular weight excluding hydrogens is 244 g/mol. The van der Waals surface area contributed by atoms with Gasteiger partial charge in [-0.05, 0) is 38.7 Å². The zero-order valence-corrected chi connectivity index (χ0v) is 11.2. The number of hydrogen-bond donors (Lipinski definition) is 2. The van der Waals surface area contributed by atoms with Crippen LogP contribution in [0.5, 0.6) is 5.75 Å². The average Bonchev–Trinajstić information content (AvgIpc) is 2.42. The summed E-state index contributed by atoms with van der Waals surface area (Å²) in [7, 11) is 0. The minimum Gasteiger partial charge on any atom is -0.483 e. The number of carbonyl (C=O) groups excluding carboxylic acids is 1. The standard InChI is InChI=1S/C14H20N2O3/c1-10(17)8-16-14(18)9-19-13-6-7-15-12-5-3-2-4-11(12)13/h6-7,10,17H,2-5,8-9H2,1H3,(H,16,18). The smallest absolute Gasteiger partial charge is 0.258 e. The summed E-state index contributed by atoms with van der Waals surface area (Å²) in [5.41, 5.74) is 2.23. The van der Waals surface area contributed by atoms with Gasteiger partial charge < -0.3 is 15.2 Å². The van der Waals surface area contributed by atoms with Crippen molar-refractivity contribution >= 4 is 5.91 Å². The molecule has 2 N–H and O–H groups in total. The Hall–Kier alpha value is -1.62. The molecule has 0 bridgehead atoms. The van der Waals surface area contributed by atoms with E-state index in [-0.39, 0.29) is 19.1 Å². The van der Waals surface area contributed by atoms with Gasteiger partial charge in [-0.1, -0.05) is 0 Å². The number of amides is 1. The molecule has 0 radical (unpaired) electrons. The number of nitrogens with zero attached hydrogens (tertiary/aromatic N) is 1. The second-order valence-electron chi connectivity index (χ2n) is 4.88. The topological polar surface area (TPSA) is 71.5 Å². The summed E-state index contributed by atoms with van der Waals surface area (Å²) < 4.78 is 5.56. The zero-order chi connectivity index (χ0) is 13.7. The molecule has 1 atom stereocenters. The van der Waals surface area contributed by atoms with Crippen molar-refractivity contribution in [1.29, 1.82) is 0 Å². The number of aliphatic hydroxyl groups is 1. The van der Waals surface area contributed by atoms with Crippen LogP contribution >= 0.6 is 0 Å². The Kier molecular flexibility index (Phi) is 4.74. The van der Waals surface area contributed by atoms with E-state index < -0.39 is 6.10 Å². The lowest BCUT2D eigenvalue weighted by atomic mass is 9.95. The summed E-state index contributed by atoms with van der Waals surface area (Å²) in [6.07, 6.45) is 5.45. The third-order valence-electron chi connectivity index (χ3n) is 3.15. The molecule has 2 rings (SSSR count). The maximum absolute atomic E-state index is 11.5. The molecule has 0 spiro atoms. The molecule has 5 heteroatoms. The first-order valence-corrected chi connectivity index (χ1v) is 6.71. The summed E-state index contributed by atoms with van der Waals surface area (Å²) in [5.74, 6) is 0.541. The largest absolute Gasteiger partial charge is 0.483 e. The normalized spacial score (nSPS) is 15.5. The second-order valence-corrected chi connectivity index (χ2v) is 4.88. The average molecular weight is 264 g/mol. The number of pyridine rings is 1. The molecule has 19 heavy (non-hydrogen) atoms. The second kappa shape index (κ2) is 6.52. The fraction of sp³-hybridized carbons (Fsp3) is 0.571. The van der Waals surface area contributed by atoms with E-state index in [4.69, 9.17) is 9.84 Å². The van der Waals surface area contributed by atoms with E-state index in [0.29, 0.717) is 0 Å². The van der Waals surface area contributed by atoms with Crippen LogP contribution in [0.3, 0.4) is 0 Å². The Morgan fingerprint density at radius 3 is 3.11 bits per heavy atom. The van der Waals surface area contributed by atoms with Crippen LogP contribution in [0.25, 0.3) is 0 Å². The number of fused-ring (bicyclic) bond motifs is 1. The number of carbonyl (C=O) groups is 1. The fourth-order valence-corrected chi connectivity index (χ4v) is 2.18. The van der Waals surface area contributed by atoms with Crippen LogP contribution in [-0.2, 0) is 17.6 Å². The molecule has 1 aromatic rings. The summed E-state index contributed by atoms with van der Waals surface area (Å²) in [6, 6.07) is 1.81. The van der Waals surface area contributed by atoms with E-state index in [1.165, 1.54) is 6.42 Å². The first-order chi connectivity index (χ1) is 9.16. The lowest BCUT2D eigenvalue weighted by molar-refractivity contribution is -0.123. The van der Waals surface area contributed by atoms with E-state index in [9.17, 15) is 4.79 Å². The van der Waals surface area contributed by atoms with Crippen molar-refractivity contribution in [2.24, 2.45) is 0 Å². The van der Waals surface area contributed by atoms with Gasteiger partial charge in [-0.2, -0.15) is 0 Å². The van der Waals surface area contributed by atoms with Crippen LogP contribution in [0.4, 0.5) is 0 Å². The van der Waals surface area contributed by atoms with Crippen molar-refractivity contribution in [2.75, 3.05) is 13.2 Å². The summed E-state index contributed by atoms with van der Waals surface area (Å²) in [5, 5.41) is 11.7. The van der Waals surface area contributed by atoms with Crippen molar-refractivity contribution in [1.82, 2.24) is 10.3 Å². The first-order valence-electron chi connectivity index (χ1n) is 6.71. The van der Waals surface area contributed by atoms with E-state index in [1.54, 1.807) is 13.1 Å². The van der Waals surface area contributed by atoms with Gasteiger partial charge in [0.1, 0.15) is 5.75 Å². The molecule has 1 heterocycles. The van der Waals surface area contributed by atoms with Crippen LogP contribution in [0.15, 0.2) is 12.3 Å². The van der Waals surface area contributed by atoms with Gasteiger partial charge in [0.05, 0.1) is 6.10 Å². The van der Waals surface area contributed by atoms with Gasteiger partial charge in [-0.3, -0.25) is 9.78 Å². The van der Waals surface area contributed by atoms with Crippen LogP contribution in [0.1, 0.15) is 31.0 Å². The van der Waals surface area contributed by atoms with Crippen molar-refractivity contribution < 1.29 is 14.6 Å².